The second-order valence-corrected chi connectivity index (χ2v) is 5.83. The number of amides is 2. The van der Waals surface area contributed by atoms with Gasteiger partial charge < -0.3 is 15.3 Å². The molecule has 2 N–H and O–H groups in total. The molecule has 0 spiro atoms. The van der Waals surface area contributed by atoms with Crippen LogP contribution in [0.2, 0.25) is 0 Å². The van der Waals surface area contributed by atoms with Crippen LogP contribution in [0.25, 0.3) is 0 Å². The molecule has 1 fully saturated rings. The van der Waals surface area contributed by atoms with Crippen LogP contribution in [-0.2, 0) is 4.79 Å². The van der Waals surface area contributed by atoms with Gasteiger partial charge in [-0.3, -0.25) is 4.68 Å². The molecule has 2 rings (SSSR count). The number of anilines is 1. The summed E-state index contributed by atoms with van der Waals surface area (Å²) in [6.45, 7) is 6.32. The fraction of sp³-hybridized carbons (Fsp3) is 0.643. The lowest BCUT2D eigenvalue weighted by atomic mass is 9.91. The first kappa shape index (κ1) is 15.3. The normalized spacial score (nSPS) is 22.4. The van der Waals surface area contributed by atoms with Gasteiger partial charge in [-0.1, -0.05) is 6.92 Å². The first-order valence-electron chi connectivity index (χ1n) is 7.24. The molecule has 1 aromatic heterocycles. The molecular formula is C14H22N4O3. The molecule has 0 saturated carbocycles. The van der Waals surface area contributed by atoms with Crippen LogP contribution in [0, 0.1) is 5.92 Å². The van der Waals surface area contributed by atoms with Crippen LogP contribution in [0.3, 0.4) is 0 Å². The van der Waals surface area contributed by atoms with Crippen LogP contribution < -0.4 is 5.32 Å². The summed E-state index contributed by atoms with van der Waals surface area (Å²) in [7, 11) is 0. The van der Waals surface area contributed by atoms with Gasteiger partial charge >= 0.3 is 12.0 Å². The molecule has 2 heterocycles. The molecule has 1 saturated heterocycles. The fourth-order valence-corrected chi connectivity index (χ4v) is 2.67. The number of nitrogens with one attached hydrogen (secondary N) is 1. The summed E-state index contributed by atoms with van der Waals surface area (Å²) in [6, 6.07) is -0.937. The number of rotatable bonds is 3. The van der Waals surface area contributed by atoms with Crippen LogP contribution in [0.1, 0.15) is 39.7 Å². The monoisotopic (exact) mass is 294 g/mol. The zero-order valence-electron chi connectivity index (χ0n) is 12.6. The molecule has 0 bridgehead atoms. The first-order chi connectivity index (χ1) is 9.90. The number of hydrogen-bond donors (Lipinski definition) is 2. The lowest BCUT2D eigenvalue weighted by Gasteiger charge is -2.37. The van der Waals surface area contributed by atoms with Gasteiger partial charge in [0, 0.05) is 18.8 Å². The average molecular weight is 294 g/mol. The summed E-state index contributed by atoms with van der Waals surface area (Å²) in [4.78, 5) is 25.1. The molecule has 1 aromatic rings. The maximum absolute atomic E-state index is 12.3. The summed E-state index contributed by atoms with van der Waals surface area (Å²) in [6.07, 6.45) is 4.96. The van der Waals surface area contributed by atoms with Crippen LogP contribution in [0.4, 0.5) is 10.5 Å². The van der Waals surface area contributed by atoms with Crippen LogP contribution in [0.5, 0.6) is 0 Å². The fourth-order valence-electron chi connectivity index (χ4n) is 2.67. The number of likely N-dealkylation sites (tertiary alicyclic amines) is 1. The molecule has 2 atom stereocenters. The van der Waals surface area contributed by atoms with Crippen molar-refractivity contribution >= 4 is 17.7 Å². The Balaban J connectivity index is 2.08. The minimum absolute atomic E-state index is 0.0413. The Morgan fingerprint density at radius 3 is 2.76 bits per heavy atom. The number of carbonyl (C=O) groups excluding carboxylic acids is 1. The number of urea groups is 1. The largest absolute Gasteiger partial charge is 0.480 e. The summed E-state index contributed by atoms with van der Waals surface area (Å²) in [5.74, 6) is -0.990. The van der Waals surface area contributed by atoms with Crippen molar-refractivity contribution in [3.8, 4) is 0 Å². The predicted molar refractivity (Wildman–Crippen MR) is 78.2 cm³/mol. The molecule has 2 amide bonds. The Bertz CT molecular complexity index is 526. The number of piperidine rings is 1. The highest BCUT2D eigenvalue weighted by Gasteiger charge is 2.37. The van der Waals surface area contributed by atoms with E-state index < -0.39 is 12.0 Å². The van der Waals surface area contributed by atoms with Crippen molar-refractivity contribution in [3.63, 3.8) is 0 Å². The van der Waals surface area contributed by atoms with Gasteiger partial charge in [0.25, 0.3) is 0 Å². The topological polar surface area (TPSA) is 87.5 Å². The molecular weight excluding hydrogens is 272 g/mol. The molecule has 1 aliphatic heterocycles. The predicted octanol–water partition coefficient (Wildman–Crippen LogP) is 2.18. The van der Waals surface area contributed by atoms with Crippen LogP contribution in [-0.4, -0.2) is 44.4 Å². The number of carbonyl (C=O) groups is 2. The highest BCUT2D eigenvalue weighted by atomic mass is 16.4. The van der Waals surface area contributed by atoms with E-state index in [2.05, 4.69) is 10.4 Å². The summed E-state index contributed by atoms with van der Waals surface area (Å²) < 4.78 is 1.74. The Hall–Kier alpha value is -2.05. The van der Waals surface area contributed by atoms with E-state index >= 15 is 0 Å². The van der Waals surface area contributed by atoms with Gasteiger partial charge in [-0.25, -0.2) is 9.59 Å². The number of aromatic nitrogens is 2. The van der Waals surface area contributed by atoms with Crippen molar-refractivity contribution in [2.75, 3.05) is 11.9 Å². The van der Waals surface area contributed by atoms with Gasteiger partial charge in [-0.15, -0.1) is 0 Å². The Morgan fingerprint density at radius 1 is 1.48 bits per heavy atom. The molecule has 0 aliphatic carbocycles. The van der Waals surface area contributed by atoms with E-state index in [1.54, 1.807) is 17.1 Å². The number of hydrogen-bond acceptors (Lipinski definition) is 3. The minimum Gasteiger partial charge on any atom is -0.480 e. The van der Waals surface area contributed by atoms with E-state index in [0.29, 0.717) is 12.2 Å². The number of aliphatic carboxylic acids is 1. The summed E-state index contributed by atoms with van der Waals surface area (Å²) >= 11 is 0. The lowest BCUT2D eigenvalue weighted by Crippen LogP contribution is -2.53. The third-order valence-electron chi connectivity index (χ3n) is 3.83. The van der Waals surface area contributed by atoms with E-state index in [9.17, 15) is 14.7 Å². The van der Waals surface area contributed by atoms with Crippen molar-refractivity contribution in [2.45, 2.75) is 45.7 Å². The van der Waals surface area contributed by atoms with Gasteiger partial charge in [-0.2, -0.15) is 5.10 Å². The van der Waals surface area contributed by atoms with E-state index in [4.69, 9.17) is 0 Å². The van der Waals surface area contributed by atoms with E-state index in [1.165, 1.54) is 4.90 Å². The van der Waals surface area contributed by atoms with Gasteiger partial charge in [0.2, 0.25) is 0 Å². The second-order valence-electron chi connectivity index (χ2n) is 5.83. The van der Waals surface area contributed by atoms with Gasteiger partial charge in [0.05, 0.1) is 11.9 Å². The van der Waals surface area contributed by atoms with E-state index in [-0.39, 0.29) is 18.0 Å². The molecule has 0 radical (unpaired) electrons. The van der Waals surface area contributed by atoms with Gasteiger partial charge in [-0.05, 0) is 32.6 Å². The first-order valence-corrected chi connectivity index (χ1v) is 7.24. The maximum Gasteiger partial charge on any atom is 0.326 e. The third kappa shape index (κ3) is 3.34. The minimum atomic E-state index is -0.949. The second kappa shape index (κ2) is 6.15. The number of nitrogens with zero attached hydrogens (tertiary/aromatic N) is 3. The maximum atomic E-state index is 12.3. The molecule has 116 valence electrons. The zero-order valence-corrected chi connectivity index (χ0v) is 12.6. The quantitative estimate of drug-likeness (QED) is 0.894. The molecule has 7 heteroatoms. The van der Waals surface area contributed by atoms with E-state index in [1.807, 2.05) is 20.8 Å². The van der Waals surface area contributed by atoms with Crippen molar-refractivity contribution in [2.24, 2.45) is 5.92 Å². The highest BCUT2D eigenvalue weighted by molar-refractivity contribution is 5.92. The van der Waals surface area contributed by atoms with Crippen LogP contribution in [0.15, 0.2) is 12.4 Å². The van der Waals surface area contributed by atoms with Gasteiger partial charge in [0.15, 0.2) is 0 Å². The Labute approximate surface area is 123 Å². The Kier molecular flexibility index (Phi) is 4.50. The third-order valence-corrected chi connectivity index (χ3v) is 3.83. The zero-order chi connectivity index (χ0) is 15.6. The lowest BCUT2D eigenvalue weighted by molar-refractivity contribution is -0.145. The summed E-state index contributed by atoms with van der Waals surface area (Å²) in [5.41, 5.74) is 0.580. The van der Waals surface area contributed by atoms with Gasteiger partial charge in [0.1, 0.15) is 6.04 Å². The molecule has 2 unspecified atom stereocenters. The smallest absolute Gasteiger partial charge is 0.326 e. The summed E-state index contributed by atoms with van der Waals surface area (Å²) in [5, 5.41) is 16.2. The molecule has 7 nitrogen and oxygen atoms in total. The highest BCUT2D eigenvalue weighted by Crippen LogP contribution is 2.24. The van der Waals surface area contributed by atoms with Crippen LogP contribution >= 0.6 is 0 Å². The van der Waals surface area contributed by atoms with Crippen molar-refractivity contribution in [3.05, 3.63) is 12.4 Å². The Morgan fingerprint density at radius 2 is 2.19 bits per heavy atom. The molecule has 1 aliphatic rings. The van der Waals surface area contributed by atoms with Crippen molar-refractivity contribution in [1.29, 1.82) is 0 Å². The standard InChI is InChI=1S/C14H22N4O3/c1-9(2)18-8-11(7-15-18)16-14(21)17-6-4-5-10(3)12(17)13(19)20/h7-10,12H,4-6H2,1-3H3,(H,16,21)(H,19,20). The number of carboxylic acids is 1. The van der Waals surface area contributed by atoms with Crippen molar-refractivity contribution < 1.29 is 14.7 Å². The van der Waals surface area contributed by atoms with E-state index in [0.717, 1.165) is 12.8 Å². The number of carboxylic acid groups (broad SMARTS) is 1. The van der Waals surface area contributed by atoms with Crippen molar-refractivity contribution in [1.82, 2.24) is 14.7 Å². The molecule has 21 heavy (non-hydrogen) atoms. The SMILES string of the molecule is CC1CCCN(C(=O)Nc2cnn(C(C)C)c2)C1C(=O)O. The molecule has 0 aromatic carbocycles. The average Bonchev–Trinajstić information content (AvgIpc) is 2.86.